The summed E-state index contributed by atoms with van der Waals surface area (Å²) >= 11 is 0. The van der Waals surface area contributed by atoms with E-state index < -0.39 is 83.6 Å². The van der Waals surface area contributed by atoms with Crippen LogP contribution < -0.4 is 21.1 Å². The third kappa shape index (κ3) is 13.7. The Kier molecular flexibility index (Phi) is 17.6. The normalized spacial score (nSPS) is 16.1. The molecular formula is C40H55F2N7O8. The number of piperidine rings is 1. The quantitative estimate of drug-likeness (QED) is 0.0618. The fourth-order valence-corrected chi connectivity index (χ4v) is 6.18. The van der Waals surface area contributed by atoms with Crippen LogP contribution in [0.2, 0.25) is 0 Å². The number of methoxy groups -OCH3 is 1. The number of likely N-dealkylation sites (tertiary alicyclic amines) is 1. The van der Waals surface area contributed by atoms with Gasteiger partial charge in [-0.05, 0) is 82.2 Å². The lowest BCUT2D eigenvalue weighted by Gasteiger charge is -2.37. The van der Waals surface area contributed by atoms with Crippen molar-refractivity contribution in [3.8, 4) is 5.75 Å². The molecule has 17 heteroatoms. The van der Waals surface area contributed by atoms with Crippen molar-refractivity contribution in [2.75, 3.05) is 27.0 Å². The monoisotopic (exact) mass is 799 g/mol. The molecule has 1 fully saturated rings. The summed E-state index contributed by atoms with van der Waals surface area (Å²) in [7, 11) is 1.46. The molecule has 0 spiro atoms. The summed E-state index contributed by atoms with van der Waals surface area (Å²) in [6.45, 7) is 4.17. The van der Waals surface area contributed by atoms with Crippen LogP contribution in [0, 0.1) is 22.7 Å². The zero-order valence-electron chi connectivity index (χ0n) is 32.6. The minimum absolute atomic E-state index is 0. The summed E-state index contributed by atoms with van der Waals surface area (Å²) in [5.41, 5.74) is 17.1. The first-order valence-electron chi connectivity index (χ1n) is 18.4. The average Bonchev–Trinajstić information content (AvgIpc) is 3.43. The molecular weight excluding hydrogens is 744 g/mol. The van der Waals surface area contributed by atoms with Crippen molar-refractivity contribution >= 4 is 47.5 Å². The van der Waals surface area contributed by atoms with Gasteiger partial charge in [-0.25, -0.2) is 24.8 Å². The van der Waals surface area contributed by atoms with Crippen molar-refractivity contribution in [3.63, 3.8) is 0 Å². The van der Waals surface area contributed by atoms with Gasteiger partial charge in [0, 0.05) is 28.5 Å². The van der Waals surface area contributed by atoms with E-state index in [1.807, 2.05) is 30.4 Å². The first kappa shape index (κ1) is 45.5. The van der Waals surface area contributed by atoms with E-state index in [0.29, 0.717) is 30.4 Å². The van der Waals surface area contributed by atoms with Gasteiger partial charge in [0.05, 0.1) is 12.3 Å². The molecule has 4 rings (SSSR count). The van der Waals surface area contributed by atoms with Gasteiger partial charge in [-0.3, -0.25) is 24.0 Å². The Bertz CT molecular complexity index is 1840. The average molecular weight is 800 g/mol. The molecule has 1 heterocycles. The van der Waals surface area contributed by atoms with Gasteiger partial charge < -0.3 is 35.5 Å². The second kappa shape index (κ2) is 22.0. The molecule has 0 unspecified atom stereocenters. The first-order chi connectivity index (χ1) is 27.2. The third-order valence-electron chi connectivity index (χ3n) is 8.79. The molecule has 312 valence electrons. The Morgan fingerprint density at radius 1 is 1.00 bits per heavy atom. The van der Waals surface area contributed by atoms with Gasteiger partial charge in [-0.1, -0.05) is 42.5 Å². The van der Waals surface area contributed by atoms with E-state index in [9.17, 15) is 32.8 Å². The van der Waals surface area contributed by atoms with Gasteiger partial charge in [0.1, 0.15) is 37.1 Å². The van der Waals surface area contributed by atoms with Gasteiger partial charge in [0.25, 0.3) is 5.91 Å². The van der Waals surface area contributed by atoms with E-state index >= 15 is 0 Å². The number of para-hydroxylation sites is 1. The summed E-state index contributed by atoms with van der Waals surface area (Å²) in [4.78, 5) is 74.0. The molecule has 0 saturated carbocycles. The number of nitrogens with zero attached hydrogens (tertiary/aromatic N) is 2. The number of halogens is 2. The van der Waals surface area contributed by atoms with Crippen LogP contribution in [0.3, 0.4) is 0 Å². The molecule has 1 aliphatic heterocycles. The number of aliphatic imine (C=N–C) groups is 1. The molecule has 1 aliphatic carbocycles. The van der Waals surface area contributed by atoms with Crippen molar-refractivity contribution in [2.45, 2.75) is 89.4 Å². The first-order valence-corrected chi connectivity index (χ1v) is 18.4. The van der Waals surface area contributed by atoms with Crippen LogP contribution in [-0.4, -0.2) is 90.9 Å². The summed E-state index contributed by atoms with van der Waals surface area (Å²) in [6, 6.07) is 4.58. The number of nitrogens with two attached hydrogens (primary N) is 1. The number of esters is 1. The number of ketones is 1. The molecule has 3 amide bonds. The summed E-state index contributed by atoms with van der Waals surface area (Å²) < 4.78 is 44.0. The highest BCUT2D eigenvalue weighted by atomic mass is 19.1. The standard InChI is InChI=1S/C40H49F2N5O8.H2N2.2H2/c1-40(2,3)55-35(49)22-31(33(48)23-54-36-28(41)16-11-17-29(36)42)46-38(51)32-18-8-9-21-47(32)39(52)30(19-20-34(43)44-24-53-4)45-37(50)27-15-10-13-25-12-6-5-7-14-26(25)27;1-2;;/h6-7,10-17,30-32H,5,8-9,18-24H2,1-4H3,(H2,43,44)(H,45,50)(H,46,51);1-2H;2*1H/t30-,31-,32-;;;/m0.../s1. The number of benzene rings is 2. The molecule has 57 heavy (non-hydrogen) atoms. The maximum absolute atomic E-state index is 14.4. The highest BCUT2D eigenvalue weighted by Crippen LogP contribution is 2.24. The number of carbonyl (C=O) groups is 5. The fraction of sp³-hybridized carbons (Fsp3) is 0.450. The van der Waals surface area contributed by atoms with Crippen LogP contribution in [0.15, 0.2) is 53.5 Å². The largest absolute Gasteiger partial charge is 0.480 e. The molecule has 0 radical (unpaired) electrons. The Morgan fingerprint density at radius 2 is 1.68 bits per heavy atom. The molecule has 15 nitrogen and oxygen atoms in total. The lowest BCUT2D eigenvalue weighted by atomic mass is 9.97. The number of ether oxygens (including phenoxy) is 3. The van der Waals surface area contributed by atoms with Crippen molar-refractivity contribution < 1.29 is 49.8 Å². The van der Waals surface area contributed by atoms with Crippen molar-refractivity contribution in [1.82, 2.24) is 15.5 Å². The number of amides is 3. The van der Waals surface area contributed by atoms with Crippen LogP contribution in [0.5, 0.6) is 5.75 Å². The van der Waals surface area contributed by atoms with Gasteiger partial charge >= 0.3 is 5.97 Å². The molecule has 0 bridgehead atoms. The van der Waals surface area contributed by atoms with E-state index in [1.54, 1.807) is 32.9 Å². The topological polar surface area (TPSA) is 226 Å². The Labute approximate surface area is 333 Å². The number of allylic oxidation sites excluding steroid dienone is 2. The highest BCUT2D eigenvalue weighted by molar-refractivity contribution is 6.02. The number of hydrogen-bond acceptors (Lipinski definition) is 11. The summed E-state index contributed by atoms with van der Waals surface area (Å²) in [6.07, 6.45) is 9.25. The smallest absolute Gasteiger partial charge is 0.308 e. The zero-order valence-corrected chi connectivity index (χ0v) is 32.6. The van der Waals surface area contributed by atoms with E-state index in [-0.39, 0.29) is 41.2 Å². The molecule has 6 N–H and O–H groups in total. The Morgan fingerprint density at radius 3 is 2.37 bits per heavy atom. The third-order valence-corrected chi connectivity index (χ3v) is 8.79. The van der Waals surface area contributed by atoms with Crippen molar-refractivity contribution in [1.29, 1.82) is 11.1 Å². The van der Waals surface area contributed by atoms with Gasteiger partial charge in [-0.15, -0.1) is 0 Å². The minimum Gasteiger partial charge on any atom is -0.480 e. The number of amidine groups is 1. The predicted octanol–water partition coefficient (Wildman–Crippen LogP) is 5.57. The summed E-state index contributed by atoms with van der Waals surface area (Å²) in [5, 5.41) is 5.43. The maximum atomic E-state index is 14.4. The van der Waals surface area contributed by atoms with Crippen LogP contribution in [0.25, 0.3) is 12.2 Å². The number of Topliss-reactive ketones (excluding diaryl/α,β-unsaturated/α-hetero) is 1. The van der Waals surface area contributed by atoms with Crippen molar-refractivity contribution in [2.24, 2.45) is 10.7 Å². The van der Waals surface area contributed by atoms with Crippen LogP contribution in [0.1, 0.15) is 90.1 Å². The molecule has 2 aliphatic rings. The number of fused-ring (bicyclic) bond motifs is 1. The molecule has 0 aromatic heterocycles. The summed E-state index contributed by atoms with van der Waals surface area (Å²) in [5.74, 6) is -6.16. The lowest BCUT2D eigenvalue weighted by Crippen LogP contribution is -2.59. The predicted molar refractivity (Wildman–Crippen MR) is 211 cm³/mol. The maximum Gasteiger partial charge on any atom is 0.308 e. The van der Waals surface area contributed by atoms with E-state index in [2.05, 4.69) is 15.6 Å². The number of nitrogens with one attached hydrogen (secondary N) is 4. The van der Waals surface area contributed by atoms with Gasteiger partial charge in [0.15, 0.2) is 23.2 Å². The SMILES string of the molecule is COC/N=C(/N)CC[C@H](NC(=O)c1cccc2c1C=CCC=C2)C(=O)N1CCCC[C@H]1C(=O)N[C@@H](CC(=O)OC(C)(C)C)C(=O)COc1c(F)cccc1F.N=N.[HH].[HH]. The van der Waals surface area contributed by atoms with Crippen molar-refractivity contribution in [3.05, 3.63) is 76.9 Å². The number of carbonyl (C=O) groups excluding carboxylic acids is 5. The fourth-order valence-electron chi connectivity index (χ4n) is 6.18. The Hall–Kier alpha value is -5.84. The second-order valence-electron chi connectivity index (χ2n) is 14.2. The Balaban J connectivity index is 0.00000428. The number of hydrogen-bond donors (Lipinski definition) is 5. The van der Waals surface area contributed by atoms with Crippen LogP contribution in [0.4, 0.5) is 8.78 Å². The second-order valence-corrected chi connectivity index (χ2v) is 14.2. The van der Waals surface area contributed by atoms with Crippen LogP contribution >= 0.6 is 0 Å². The lowest BCUT2D eigenvalue weighted by molar-refractivity contribution is -0.157. The minimum atomic E-state index is -1.53. The zero-order chi connectivity index (χ0) is 42.1. The van der Waals surface area contributed by atoms with E-state index in [4.69, 9.17) is 31.0 Å². The molecule has 2 aromatic carbocycles. The molecule has 1 saturated heterocycles. The highest BCUT2D eigenvalue weighted by Gasteiger charge is 2.38. The molecule has 3 atom stereocenters. The van der Waals surface area contributed by atoms with Gasteiger partial charge in [0.2, 0.25) is 11.8 Å². The van der Waals surface area contributed by atoms with Gasteiger partial charge in [-0.2, -0.15) is 0 Å². The van der Waals surface area contributed by atoms with E-state index in [1.165, 1.54) is 12.0 Å². The molecule has 2 aromatic rings. The van der Waals surface area contributed by atoms with Crippen LogP contribution in [-0.2, 0) is 28.7 Å². The van der Waals surface area contributed by atoms with E-state index in [0.717, 1.165) is 23.8 Å². The number of rotatable bonds is 16.